The molecule has 5 nitrogen and oxygen atoms in total. The Labute approximate surface area is 155 Å². The van der Waals surface area contributed by atoms with Gasteiger partial charge in [0.1, 0.15) is 29.9 Å². The number of aliphatic hydroxyl groups is 1. The zero-order chi connectivity index (χ0) is 19.6. The molecule has 27 heavy (non-hydrogen) atoms. The molecule has 0 aliphatic carbocycles. The van der Waals surface area contributed by atoms with Gasteiger partial charge in [-0.25, -0.2) is 18.4 Å². The highest BCUT2D eigenvalue weighted by molar-refractivity contribution is 5.94. The summed E-state index contributed by atoms with van der Waals surface area (Å²) in [5.41, 5.74) is -0.518. The summed E-state index contributed by atoms with van der Waals surface area (Å²) < 4.78 is 29.3. The van der Waals surface area contributed by atoms with Crippen LogP contribution in [0.2, 0.25) is 0 Å². The second-order valence-electron chi connectivity index (χ2n) is 6.54. The van der Waals surface area contributed by atoms with E-state index in [0.29, 0.717) is 11.1 Å². The maximum atomic E-state index is 14.5. The van der Waals surface area contributed by atoms with Crippen LogP contribution in [0.5, 0.6) is 0 Å². The Hall–Kier alpha value is -2.93. The molecule has 0 spiro atoms. The predicted molar refractivity (Wildman–Crippen MR) is 95.1 cm³/mol. The number of carbonyl (C=O) groups excluding carboxylic acids is 1. The number of nitrogens with zero attached hydrogens (tertiary/aromatic N) is 3. The van der Waals surface area contributed by atoms with Crippen LogP contribution in [0.25, 0.3) is 0 Å². The smallest absolute Gasteiger partial charge is 0.159 e. The van der Waals surface area contributed by atoms with Gasteiger partial charge in [-0.1, -0.05) is 37.3 Å². The number of aromatic nitrogens is 3. The van der Waals surface area contributed by atoms with Gasteiger partial charge in [-0.05, 0) is 18.6 Å². The number of rotatable bonds is 6. The number of hydrogen-bond acceptors (Lipinski definition) is 4. The van der Waals surface area contributed by atoms with Crippen LogP contribution in [-0.4, -0.2) is 25.7 Å². The van der Waals surface area contributed by atoms with Gasteiger partial charge < -0.3 is 5.11 Å². The molecule has 0 aliphatic heterocycles. The van der Waals surface area contributed by atoms with Crippen LogP contribution in [0.4, 0.5) is 8.78 Å². The molecule has 0 fully saturated rings. The Morgan fingerprint density at radius 3 is 2.48 bits per heavy atom. The van der Waals surface area contributed by atoms with E-state index in [1.807, 2.05) is 0 Å². The summed E-state index contributed by atoms with van der Waals surface area (Å²) in [7, 11) is 0. The third-order valence-corrected chi connectivity index (χ3v) is 4.80. The van der Waals surface area contributed by atoms with E-state index in [0.717, 1.165) is 12.1 Å². The van der Waals surface area contributed by atoms with Gasteiger partial charge in [0.25, 0.3) is 0 Å². The maximum Gasteiger partial charge on any atom is 0.159 e. The van der Waals surface area contributed by atoms with Crippen molar-refractivity contribution in [1.82, 2.24) is 14.8 Å². The SMILES string of the molecule is CC(=O)c1ccc([C@@H](C)[C@@](O)(Cn2cncn2)c2ccc(F)cc2F)cc1. The van der Waals surface area contributed by atoms with Crippen LogP contribution in [0.15, 0.2) is 55.1 Å². The minimum absolute atomic E-state index is 0.0393. The monoisotopic (exact) mass is 371 g/mol. The van der Waals surface area contributed by atoms with Crippen LogP contribution in [0, 0.1) is 11.6 Å². The summed E-state index contributed by atoms with van der Waals surface area (Å²) >= 11 is 0. The van der Waals surface area contributed by atoms with Crippen LogP contribution in [0.1, 0.15) is 41.3 Å². The molecule has 0 saturated carbocycles. The second-order valence-corrected chi connectivity index (χ2v) is 6.54. The third kappa shape index (κ3) is 3.78. The second kappa shape index (κ2) is 7.36. The molecule has 7 heteroatoms. The van der Waals surface area contributed by atoms with Gasteiger partial charge in [0.05, 0.1) is 6.54 Å². The molecule has 0 saturated heterocycles. The topological polar surface area (TPSA) is 68.0 Å². The van der Waals surface area contributed by atoms with E-state index >= 15 is 0 Å². The van der Waals surface area contributed by atoms with E-state index < -0.39 is 23.2 Å². The number of carbonyl (C=O) groups is 1. The molecule has 3 aromatic rings. The van der Waals surface area contributed by atoms with Crippen molar-refractivity contribution in [3.05, 3.63) is 83.4 Å². The zero-order valence-electron chi connectivity index (χ0n) is 14.9. The Bertz CT molecular complexity index is 942. The molecular weight excluding hydrogens is 352 g/mol. The zero-order valence-corrected chi connectivity index (χ0v) is 14.9. The third-order valence-electron chi connectivity index (χ3n) is 4.80. The molecule has 140 valence electrons. The Morgan fingerprint density at radius 1 is 1.22 bits per heavy atom. The predicted octanol–water partition coefficient (Wildman–Crippen LogP) is 3.45. The van der Waals surface area contributed by atoms with E-state index in [1.54, 1.807) is 31.2 Å². The first-order valence-corrected chi connectivity index (χ1v) is 8.42. The maximum absolute atomic E-state index is 14.5. The molecule has 1 heterocycles. The number of Topliss-reactive ketones (excluding diaryl/α,β-unsaturated/α-hetero) is 1. The summed E-state index contributed by atoms with van der Waals surface area (Å²) in [6, 6.07) is 9.84. The molecule has 0 bridgehead atoms. The van der Waals surface area contributed by atoms with Crippen molar-refractivity contribution >= 4 is 5.78 Å². The van der Waals surface area contributed by atoms with Crippen molar-refractivity contribution in [3.63, 3.8) is 0 Å². The highest BCUT2D eigenvalue weighted by Gasteiger charge is 2.39. The quantitative estimate of drug-likeness (QED) is 0.674. The minimum Gasteiger partial charge on any atom is -0.382 e. The van der Waals surface area contributed by atoms with Gasteiger partial charge in [-0.2, -0.15) is 5.10 Å². The van der Waals surface area contributed by atoms with Crippen molar-refractivity contribution in [2.75, 3.05) is 0 Å². The molecule has 0 aliphatic rings. The lowest BCUT2D eigenvalue weighted by Gasteiger charge is -2.35. The largest absolute Gasteiger partial charge is 0.382 e. The molecule has 0 radical (unpaired) electrons. The fourth-order valence-corrected chi connectivity index (χ4v) is 3.14. The number of benzene rings is 2. The molecule has 0 amide bonds. The van der Waals surface area contributed by atoms with Crippen molar-refractivity contribution in [2.24, 2.45) is 0 Å². The van der Waals surface area contributed by atoms with Gasteiger partial charge in [-0.15, -0.1) is 0 Å². The van der Waals surface area contributed by atoms with Gasteiger partial charge in [0.15, 0.2) is 5.78 Å². The molecule has 1 N–H and O–H groups in total. The minimum atomic E-state index is -1.72. The molecular formula is C20H19F2N3O2. The lowest BCUT2D eigenvalue weighted by atomic mass is 9.77. The Morgan fingerprint density at radius 2 is 1.93 bits per heavy atom. The van der Waals surface area contributed by atoms with Gasteiger partial charge in [-0.3, -0.25) is 4.79 Å². The van der Waals surface area contributed by atoms with E-state index in [9.17, 15) is 18.7 Å². The summed E-state index contributed by atoms with van der Waals surface area (Å²) in [5, 5.41) is 15.5. The molecule has 3 rings (SSSR count). The summed E-state index contributed by atoms with van der Waals surface area (Å²) in [5.74, 6) is -2.22. The highest BCUT2D eigenvalue weighted by Crippen LogP contribution is 2.39. The van der Waals surface area contributed by atoms with Crippen molar-refractivity contribution in [1.29, 1.82) is 0 Å². The normalized spacial score (nSPS) is 14.6. The fraction of sp³-hybridized carbons (Fsp3) is 0.250. The lowest BCUT2D eigenvalue weighted by Crippen LogP contribution is -2.38. The number of halogens is 2. The van der Waals surface area contributed by atoms with Crippen molar-refractivity contribution in [2.45, 2.75) is 31.9 Å². The van der Waals surface area contributed by atoms with Crippen LogP contribution in [-0.2, 0) is 12.1 Å². The average Bonchev–Trinajstić information content (AvgIpc) is 3.13. The van der Waals surface area contributed by atoms with E-state index in [4.69, 9.17) is 0 Å². The van der Waals surface area contributed by atoms with Gasteiger partial charge >= 0.3 is 0 Å². The molecule has 2 aromatic carbocycles. The molecule has 1 aromatic heterocycles. The summed E-state index contributed by atoms with van der Waals surface area (Å²) in [6.07, 6.45) is 2.73. The van der Waals surface area contributed by atoms with E-state index in [1.165, 1.54) is 30.3 Å². The molecule has 2 atom stereocenters. The van der Waals surface area contributed by atoms with Crippen molar-refractivity contribution in [3.8, 4) is 0 Å². The van der Waals surface area contributed by atoms with Gasteiger partial charge in [0, 0.05) is 23.1 Å². The van der Waals surface area contributed by atoms with Gasteiger partial charge in [0.2, 0.25) is 0 Å². The van der Waals surface area contributed by atoms with E-state index in [-0.39, 0.29) is 17.9 Å². The molecule has 0 unspecified atom stereocenters. The van der Waals surface area contributed by atoms with E-state index in [2.05, 4.69) is 10.1 Å². The summed E-state index contributed by atoms with van der Waals surface area (Å²) in [6.45, 7) is 3.13. The first kappa shape index (κ1) is 18.8. The standard InChI is InChI=1S/C20H19F2N3O2/c1-13(15-3-5-16(6-4-15)14(2)26)20(27,10-25-12-23-11-24-25)18-8-7-17(21)9-19(18)22/h3-9,11-13,27H,10H2,1-2H3/t13-,20+/m1/s1. The fourth-order valence-electron chi connectivity index (χ4n) is 3.14. The average molecular weight is 371 g/mol. The van der Waals surface area contributed by atoms with Crippen LogP contribution >= 0.6 is 0 Å². The first-order valence-electron chi connectivity index (χ1n) is 8.42. The Balaban J connectivity index is 2.06. The lowest BCUT2D eigenvalue weighted by molar-refractivity contribution is -0.0112. The highest BCUT2D eigenvalue weighted by atomic mass is 19.1. The number of ketones is 1. The van der Waals surface area contributed by atoms with Crippen molar-refractivity contribution < 1.29 is 18.7 Å². The number of hydrogen-bond donors (Lipinski definition) is 1. The summed E-state index contributed by atoms with van der Waals surface area (Å²) in [4.78, 5) is 15.3. The van der Waals surface area contributed by atoms with Crippen LogP contribution < -0.4 is 0 Å². The van der Waals surface area contributed by atoms with Crippen LogP contribution in [0.3, 0.4) is 0 Å². The Kier molecular flexibility index (Phi) is 5.14. The first-order chi connectivity index (χ1) is 12.8.